The van der Waals surface area contributed by atoms with Gasteiger partial charge < -0.3 is 15.2 Å². The molecule has 0 aromatic heterocycles. The molecule has 0 unspecified atom stereocenters. The third-order valence-electron chi connectivity index (χ3n) is 2.60. The maximum atomic E-state index is 8.67. The molecular weight excluding hydrogens is 238 g/mol. The molecule has 0 amide bonds. The Bertz CT molecular complexity index is 356. The summed E-state index contributed by atoms with van der Waals surface area (Å²) in [5.74, 6) is 0.893. The highest BCUT2D eigenvalue weighted by molar-refractivity contribution is 6.30. The summed E-state index contributed by atoms with van der Waals surface area (Å²) in [6.45, 7) is 3.85. The number of hydrogen-bond donors (Lipinski definition) is 2. The molecule has 0 fully saturated rings. The lowest BCUT2D eigenvalue weighted by Gasteiger charge is -2.12. The fourth-order valence-corrected chi connectivity index (χ4v) is 2.10. The Morgan fingerprint density at radius 2 is 2.12 bits per heavy atom. The number of ether oxygens (including phenoxy) is 1. The van der Waals surface area contributed by atoms with Gasteiger partial charge in [-0.15, -0.1) is 0 Å². The second-order valence-corrected chi connectivity index (χ2v) is 4.46. The lowest BCUT2D eigenvalue weighted by Crippen LogP contribution is -2.15. The van der Waals surface area contributed by atoms with E-state index in [9.17, 15) is 0 Å². The van der Waals surface area contributed by atoms with E-state index in [1.807, 2.05) is 19.1 Å². The standard InChI is InChI=1S/C13H20ClNO2/c1-10-7-12(14)8-11(13(10)17-2)9-15-5-3-4-6-16/h7-8,15-16H,3-6,9H2,1-2H3. The van der Waals surface area contributed by atoms with Crippen LogP contribution in [0.1, 0.15) is 24.0 Å². The predicted molar refractivity (Wildman–Crippen MR) is 70.8 cm³/mol. The van der Waals surface area contributed by atoms with Crippen LogP contribution >= 0.6 is 11.6 Å². The molecule has 3 nitrogen and oxygen atoms in total. The van der Waals surface area contributed by atoms with Crippen molar-refractivity contribution in [1.82, 2.24) is 5.32 Å². The van der Waals surface area contributed by atoms with Gasteiger partial charge in [-0.2, -0.15) is 0 Å². The predicted octanol–water partition coefficient (Wildman–Crippen LogP) is 2.52. The van der Waals surface area contributed by atoms with Crippen LogP contribution in [0.2, 0.25) is 5.02 Å². The average molecular weight is 258 g/mol. The molecule has 0 heterocycles. The molecule has 0 atom stereocenters. The van der Waals surface area contributed by atoms with E-state index in [0.717, 1.165) is 47.8 Å². The van der Waals surface area contributed by atoms with Gasteiger partial charge in [-0.3, -0.25) is 0 Å². The highest BCUT2D eigenvalue weighted by Crippen LogP contribution is 2.27. The van der Waals surface area contributed by atoms with Crippen LogP contribution in [0.15, 0.2) is 12.1 Å². The van der Waals surface area contributed by atoms with Crippen LogP contribution in [0.25, 0.3) is 0 Å². The van der Waals surface area contributed by atoms with Crippen molar-refractivity contribution in [1.29, 1.82) is 0 Å². The summed E-state index contributed by atoms with van der Waals surface area (Å²) >= 11 is 6.03. The molecular formula is C13H20ClNO2. The molecule has 2 N–H and O–H groups in total. The normalized spacial score (nSPS) is 10.6. The number of methoxy groups -OCH3 is 1. The summed E-state index contributed by atoms with van der Waals surface area (Å²) in [7, 11) is 1.67. The van der Waals surface area contributed by atoms with Gasteiger partial charge in [0.1, 0.15) is 5.75 Å². The Labute approximate surface area is 108 Å². The van der Waals surface area contributed by atoms with Crippen molar-refractivity contribution in [2.45, 2.75) is 26.3 Å². The van der Waals surface area contributed by atoms with Crippen LogP contribution in [0.3, 0.4) is 0 Å². The third kappa shape index (κ3) is 4.54. The number of benzene rings is 1. The van der Waals surface area contributed by atoms with Crippen LogP contribution in [-0.2, 0) is 6.54 Å². The van der Waals surface area contributed by atoms with Crippen molar-refractivity contribution in [3.63, 3.8) is 0 Å². The van der Waals surface area contributed by atoms with Gasteiger partial charge in [-0.1, -0.05) is 11.6 Å². The summed E-state index contributed by atoms with van der Waals surface area (Å²) in [6.07, 6.45) is 1.80. The zero-order valence-electron chi connectivity index (χ0n) is 10.4. The molecule has 0 saturated carbocycles. The molecule has 1 aromatic carbocycles. The Hall–Kier alpha value is -0.770. The Kier molecular flexibility index (Phi) is 6.34. The molecule has 0 spiro atoms. The maximum absolute atomic E-state index is 8.67. The van der Waals surface area contributed by atoms with E-state index in [-0.39, 0.29) is 6.61 Å². The molecule has 0 aliphatic rings. The number of unbranched alkanes of at least 4 members (excludes halogenated alkanes) is 1. The number of rotatable bonds is 7. The third-order valence-corrected chi connectivity index (χ3v) is 2.82. The fraction of sp³-hybridized carbons (Fsp3) is 0.538. The van der Waals surface area contributed by atoms with Crippen LogP contribution in [0.5, 0.6) is 5.75 Å². The number of nitrogens with one attached hydrogen (secondary N) is 1. The summed E-state index contributed by atoms with van der Waals surface area (Å²) in [5.41, 5.74) is 2.12. The van der Waals surface area contributed by atoms with E-state index in [4.69, 9.17) is 21.4 Å². The van der Waals surface area contributed by atoms with Crippen molar-refractivity contribution in [2.24, 2.45) is 0 Å². The van der Waals surface area contributed by atoms with Crippen LogP contribution in [0, 0.1) is 6.92 Å². The van der Waals surface area contributed by atoms with E-state index in [0.29, 0.717) is 0 Å². The average Bonchev–Trinajstić information content (AvgIpc) is 2.28. The Morgan fingerprint density at radius 1 is 1.35 bits per heavy atom. The Balaban J connectivity index is 2.57. The minimum absolute atomic E-state index is 0.251. The minimum Gasteiger partial charge on any atom is -0.496 e. The zero-order valence-corrected chi connectivity index (χ0v) is 11.2. The lowest BCUT2D eigenvalue weighted by molar-refractivity contribution is 0.283. The fourth-order valence-electron chi connectivity index (χ4n) is 1.81. The van der Waals surface area contributed by atoms with Crippen LogP contribution < -0.4 is 10.1 Å². The summed E-state index contributed by atoms with van der Waals surface area (Å²) in [4.78, 5) is 0. The first-order valence-corrected chi connectivity index (χ1v) is 6.21. The van der Waals surface area contributed by atoms with Gasteiger partial charge >= 0.3 is 0 Å². The molecule has 17 heavy (non-hydrogen) atoms. The second kappa shape index (κ2) is 7.54. The number of aliphatic hydroxyl groups is 1. The lowest BCUT2D eigenvalue weighted by atomic mass is 10.1. The Morgan fingerprint density at radius 3 is 2.76 bits per heavy atom. The van der Waals surface area contributed by atoms with E-state index in [1.54, 1.807) is 7.11 Å². The number of hydrogen-bond acceptors (Lipinski definition) is 3. The van der Waals surface area contributed by atoms with Crippen molar-refractivity contribution < 1.29 is 9.84 Å². The summed E-state index contributed by atoms with van der Waals surface area (Å²) in [5, 5.41) is 12.7. The first-order chi connectivity index (χ1) is 8.19. The van der Waals surface area contributed by atoms with Crippen LogP contribution in [-0.4, -0.2) is 25.4 Å². The summed E-state index contributed by atoms with van der Waals surface area (Å²) < 4.78 is 5.37. The molecule has 0 radical (unpaired) electrons. The highest BCUT2D eigenvalue weighted by Gasteiger charge is 2.07. The van der Waals surface area contributed by atoms with E-state index in [1.165, 1.54) is 0 Å². The van der Waals surface area contributed by atoms with Gasteiger partial charge in [0.25, 0.3) is 0 Å². The number of halogens is 1. The van der Waals surface area contributed by atoms with Crippen molar-refractivity contribution >= 4 is 11.6 Å². The van der Waals surface area contributed by atoms with E-state index >= 15 is 0 Å². The van der Waals surface area contributed by atoms with Crippen LogP contribution in [0.4, 0.5) is 0 Å². The van der Waals surface area contributed by atoms with E-state index < -0.39 is 0 Å². The monoisotopic (exact) mass is 257 g/mol. The molecule has 0 aliphatic carbocycles. The highest BCUT2D eigenvalue weighted by atomic mass is 35.5. The van der Waals surface area contributed by atoms with Gasteiger partial charge in [-0.25, -0.2) is 0 Å². The quantitative estimate of drug-likeness (QED) is 0.738. The van der Waals surface area contributed by atoms with Gasteiger partial charge in [0.05, 0.1) is 7.11 Å². The minimum atomic E-state index is 0.251. The topological polar surface area (TPSA) is 41.5 Å². The van der Waals surface area contributed by atoms with Gasteiger partial charge in [0, 0.05) is 23.7 Å². The molecule has 1 aromatic rings. The first-order valence-electron chi connectivity index (χ1n) is 5.83. The zero-order chi connectivity index (χ0) is 12.7. The largest absolute Gasteiger partial charge is 0.496 e. The van der Waals surface area contributed by atoms with Crippen molar-refractivity contribution in [2.75, 3.05) is 20.3 Å². The second-order valence-electron chi connectivity index (χ2n) is 4.02. The number of aryl methyl sites for hydroxylation is 1. The van der Waals surface area contributed by atoms with Crippen molar-refractivity contribution in [3.8, 4) is 5.75 Å². The smallest absolute Gasteiger partial charge is 0.126 e. The first kappa shape index (κ1) is 14.3. The molecule has 0 aliphatic heterocycles. The van der Waals surface area contributed by atoms with Gasteiger partial charge in [0.15, 0.2) is 0 Å². The van der Waals surface area contributed by atoms with Gasteiger partial charge in [0.2, 0.25) is 0 Å². The SMILES string of the molecule is COc1c(C)cc(Cl)cc1CNCCCCO. The van der Waals surface area contributed by atoms with Crippen molar-refractivity contribution in [3.05, 3.63) is 28.3 Å². The van der Waals surface area contributed by atoms with Gasteiger partial charge in [-0.05, 0) is 44.0 Å². The maximum Gasteiger partial charge on any atom is 0.126 e. The molecule has 4 heteroatoms. The molecule has 96 valence electrons. The summed E-state index contributed by atoms with van der Waals surface area (Å²) in [6, 6.07) is 3.82. The molecule has 0 saturated heterocycles. The molecule has 0 bridgehead atoms. The molecule has 1 rings (SSSR count). The number of aliphatic hydroxyl groups excluding tert-OH is 1. The van der Waals surface area contributed by atoms with E-state index in [2.05, 4.69) is 5.32 Å².